The molecular formula is C15H11FN4O. The van der Waals surface area contributed by atoms with E-state index in [2.05, 4.69) is 15.4 Å². The van der Waals surface area contributed by atoms with Crippen LogP contribution in [0.2, 0.25) is 0 Å². The number of halogens is 1. The molecular weight excluding hydrogens is 271 g/mol. The number of nitrogens with zero attached hydrogens (tertiary/aromatic N) is 3. The predicted molar refractivity (Wildman–Crippen MR) is 74.9 cm³/mol. The zero-order chi connectivity index (χ0) is 14.2. The van der Waals surface area contributed by atoms with Gasteiger partial charge in [-0.25, -0.2) is 9.07 Å². The second-order valence-corrected chi connectivity index (χ2v) is 4.70. The van der Waals surface area contributed by atoms with Gasteiger partial charge in [0, 0.05) is 5.70 Å². The summed E-state index contributed by atoms with van der Waals surface area (Å²) in [5, 5.41) is 7.41. The van der Waals surface area contributed by atoms with Crippen LogP contribution < -0.4 is 5.32 Å². The van der Waals surface area contributed by atoms with Crippen LogP contribution in [0.4, 0.5) is 10.3 Å². The molecule has 3 heterocycles. The van der Waals surface area contributed by atoms with Crippen LogP contribution in [0.15, 0.2) is 59.5 Å². The topological polar surface area (TPSA) is 55.9 Å². The maximum atomic E-state index is 13.1. The molecule has 0 bridgehead atoms. The van der Waals surface area contributed by atoms with Gasteiger partial charge in [0.1, 0.15) is 23.9 Å². The second-order valence-electron chi connectivity index (χ2n) is 4.70. The number of hydrogen-bond donors (Lipinski definition) is 1. The van der Waals surface area contributed by atoms with Crippen LogP contribution in [-0.2, 0) is 0 Å². The number of hydrogen-bond acceptors (Lipinski definition) is 4. The Balaban J connectivity index is 1.80. The smallest absolute Gasteiger partial charge is 0.226 e. The van der Waals surface area contributed by atoms with Crippen LogP contribution in [0.5, 0.6) is 0 Å². The Labute approximate surface area is 119 Å². The number of benzene rings is 1. The summed E-state index contributed by atoms with van der Waals surface area (Å²) in [6, 6.07) is 9.84. The molecule has 1 unspecified atom stereocenters. The first-order chi connectivity index (χ1) is 10.3. The molecule has 0 amide bonds. The summed E-state index contributed by atoms with van der Waals surface area (Å²) in [4.78, 5) is 4.19. The van der Waals surface area contributed by atoms with Crippen molar-refractivity contribution in [3.05, 3.63) is 72.2 Å². The van der Waals surface area contributed by atoms with Gasteiger partial charge in [0.25, 0.3) is 0 Å². The van der Waals surface area contributed by atoms with Crippen molar-refractivity contribution in [2.24, 2.45) is 0 Å². The normalized spacial score (nSPS) is 17.0. The lowest BCUT2D eigenvalue weighted by Gasteiger charge is -2.22. The minimum Gasteiger partial charge on any atom is -0.467 e. The number of allylic oxidation sites excluding steroid dienone is 1. The molecule has 21 heavy (non-hydrogen) atoms. The van der Waals surface area contributed by atoms with E-state index < -0.39 is 0 Å². The summed E-state index contributed by atoms with van der Waals surface area (Å²) in [7, 11) is 0. The lowest BCUT2D eigenvalue weighted by molar-refractivity contribution is 0.448. The number of anilines is 1. The van der Waals surface area contributed by atoms with E-state index in [0.717, 1.165) is 17.0 Å². The summed E-state index contributed by atoms with van der Waals surface area (Å²) in [5.41, 5.74) is 1.72. The zero-order valence-electron chi connectivity index (χ0n) is 10.9. The van der Waals surface area contributed by atoms with Crippen molar-refractivity contribution in [1.29, 1.82) is 0 Å². The van der Waals surface area contributed by atoms with Gasteiger partial charge in [0.15, 0.2) is 0 Å². The third kappa shape index (κ3) is 2.01. The summed E-state index contributed by atoms with van der Waals surface area (Å²) in [5.74, 6) is 1.13. The van der Waals surface area contributed by atoms with Gasteiger partial charge in [0.05, 0.1) is 6.26 Å². The Kier molecular flexibility index (Phi) is 2.60. The van der Waals surface area contributed by atoms with Crippen LogP contribution >= 0.6 is 0 Å². The van der Waals surface area contributed by atoms with Gasteiger partial charge in [-0.15, -0.1) is 0 Å². The van der Waals surface area contributed by atoms with Gasteiger partial charge in [-0.2, -0.15) is 10.1 Å². The first kappa shape index (κ1) is 11.9. The number of nitrogens with one attached hydrogen (secondary N) is 1. The average molecular weight is 282 g/mol. The van der Waals surface area contributed by atoms with E-state index in [4.69, 9.17) is 4.42 Å². The molecule has 5 nitrogen and oxygen atoms in total. The fourth-order valence-corrected chi connectivity index (χ4v) is 2.39. The first-order valence-corrected chi connectivity index (χ1v) is 6.49. The summed E-state index contributed by atoms with van der Waals surface area (Å²) in [6.07, 6.45) is 5.09. The maximum Gasteiger partial charge on any atom is 0.226 e. The van der Waals surface area contributed by atoms with Crippen LogP contribution in [0.3, 0.4) is 0 Å². The molecule has 1 aliphatic rings. The average Bonchev–Trinajstić information content (AvgIpc) is 3.18. The number of rotatable bonds is 2. The standard InChI is InChI=1S/C15H11FN4O/c16-11-5-3-10(4-6-11)12-8-13(14-2-1-7-21-14)20-15(19-12)17-9-18-20/h1-9,13H,(H,17,18,19). The van der Waals surface area contributed by atoms with E-state index >= 15 is 0 Å². The van der Waals surface area contributed by atoms with E-state index in [1.54, 1.807) is 23.1 Å². The lowest BCUT2D eigenvalue weighted by Crippen LogP contribution is -2.19. The van der Waals surface area contributed by atoms with Crippen molar-refractivity contribution >= 4 is 11.6 Å². The minimum atomic E-state index is -0.263. The quantitative estimate of drug-likeness (QED) is 0.784. The second kappa shape index (κ2) is 4.59. The van der Waals surface area contributed by atoms with Gasteiger partial charge in [-0.1, -0.05) is 0 Å². The highest BCUT2D eigenvalue weighted by Crippen LogP contribution is 2.31. The highest BCUT2D eigenvalue weighted by atomic mass is 19.1. The van der Waals surface area contributed by atoms with E-state index in [1.807, 2.05) is 18.2 Å². The molecule has 1 aromatic carbocycles. The van der Waals surface area contributed by atoms with Crippen LogP contribution in [0.1, 0.15) is 17.4 Å². The van der Waals surface area contributed by atoms with Crippen LogP contribution in [-0.4, -0.2) is 14.8 Å². The fourth-order valence-electron chi connectivity index (χ4n) is 2.39. The highest BCUT2D eigenvalue weighted by Gasteiger charge is 2.25. The monoisotopic (exact) mass is 282 g/mol. The molecule has 6 heteroatoms. The van der Waals surface area contributed by atoms with Gasteiger partial charge in [-0.3, -0.25) is 0 Å². The molecule has 3 aromatic rings. The molecule has 0 saturated heterocycles. The van der Waals surface area contributed by atoms with Crippen molar-refractivity contribution in [2.75, 3.05) is 5.32 Å². The third-order valence-electron chi connectivity index (χ3n) is 3.40. The van der Waals surface area contributed by atoms with Gasteiger partial charge < -0.3 is 9.73 Å². The van der Waals surface area contributed by atoms with E-state index in [-0.39, 0.29) is 11.9 Å². The van der Waals surface area contributed by atoms with Crippen LogP contribution in [0.25, 0.3) is 5.70 Å². The SMILES string of the molecule is Fc1ccc(C2=CC(c3ccco3)n3ncnc3N2)cc1. The van der Waals surface area contributed by atoms with Crippen molar-refractivity contribution in [3.63, 3.8) is 0 Å². The number of fused-ring (bicyclic) bond motifs is 1. The summed E-state index contributed by atoms with van der Waals surface area (Å²) >= 11 is 0. The molecule has 0 saturated carbocycles. The molecule has 1 atom stereocenters. The minimum absolute atomic E-state index is 0.182. The largest absolute Gasteiger partial charge is 0.467 e. The van der Waals surface area contributed by atoms with Crippen molar-refractivity contribution in [1.82, 2.24) is 14.8 Å². The van der Waals surface area contributed by atoms with Crippen molar-refractivity contribution in [3.8, 4) is 0 Å². The first-order valence-electron chi connectivity index (χ1n) is 6.49. The molecule has 104 valence electrons. The van der Waals surface area contributed by atoms with E-state index in [1.165, 1.54) is 18.5 Å². The molecule has 2 aromatic heterocycles. The molecule has 0 radical (unpaired) electrons. The fraction of sp³-hybridized carbons (Fsp3) is 0.0667. The van der Waals surface area contributed by atoms with Crippen LogP contribution in [0, 0.1) is 5.82 Å². The molecule has 0 spiro atoms. The van der Waals surface area contributed by atoms with Gasteiger partial charge in [-0.05, 0) is 48.0 Å². The molecule has 1 N–H and O–H groups in total. The zero-order valence-corrected chi connectivity index (χ0v) is 10.9. The van der Waals surface area contributed by atoms with E-state index in [0.29, 0.717) is 5.95 Å². The molecule has 0 aliphatic carbocycles. The van der Waals surface area contributed by atoms with E-state index in [9.17, 15) is 4.39 Å². The Morgan fingerprint density at radius 2 is 2.05 bits per heavy atom. The highest BCUT2D eigenvalue weighted by molar-refractivity contribution is 5.76. The Morgan fingerprint density at radius 1 is 1.19 bits per heavy atom. The van der Waals surface area contributed by atoms with Crippen molar-refractivity contribution in [2.45, 2.75) is 6.04 Å². The molecule has 1 aliphatic heterocycles. The number of aromatic nitrogens is 3. The molecule has 4 rings (SSSR count). The summed E-state index contributed by atoms with van der Waals surface area (Å²) < 4.78 is 20.3. The maximum absolute atomic E-state index is 13.1. The third-order valence-corrected chi connectivity index (χ3v) is 3.40. The Morgan fingerprint density at radius 3 is 2.81 bits per heavy atom. The van der Waals surface area contributed by atoms with Gasteiger partial charge in [0.2, 0.25) is 5.95 Å². The van der Waals surface area contributed by atoms with Crippen molar-refractivity contribution < 1.29 is 8.81 Å². The van der Waals surface area contributed by atoms with Gasteiger partial charge >= 0.3 is 0 Å². The Bertz CT molecular complexity index is 789. The summed E-state index contributed by atoms with van der Waals surface area (Å²) in [6.45, 7) is 0. The predicted octanol–water partition coefficient (Wildman–Crippen LogP) is 3.07. The Hall–Kier alpha value is -2.89. The lowest BCUT2D eigenvalue weighted by atomic mass is 10.1. The molecule has 0 fully saturated rings. The number of furan rings is 1.